The van der Waals surface area contributed by atoms with Crippen LogP contribution >= 0.6 is 0 Å². The van der Waals surface area contributed by atoms with E-state index in [9.17, 15) is 13.2 Å². The van der Waals surface area contributed by atoms with Crippen LogP contribution in [0.1, 0.15) is 32.1 Å². The summed E-state index contributed by atoms with van der Waals surface area (Å²) >= 11 is 0. The topological polar surface area (TPSA) is 113 Å². The van der Waals surface area contributed by atoms with E-state index in [2.05, 4.69) is 11.4 Å². The number of hydrogen-bond donors (Lipinski definition) is 2. The van der Waals surface area contributed by atoms with E-state index in [-0.39, 0.29) is 24.6 Å². The number of carbonyl (C=O) groups is 1. The number of sulfonamides is 1. The smallest absolute Gasteiger partial charge is 0.240 e. The Kier molecular flexibility index (Phi) is 4.48. The van der Waals surface area contributed by atoms with Gasteiger partial charge in [-0.1, -0.05) is 12.8 Å². The van der Waals surface area contributed by atoms with E-state index in [0.717, 1.165) is 12.8 Å². The number of primary sulfonamides is 1. The Balaban J connectivity index is 2.37. The number of carbonyl (C=O) groups excluding carboxylic acids is 1. The molecule has 1 rings (SSSR count). The third-order valence-electron chi connectivity index (χ3n) is 3.00. The summed E-state index contributed by atoms with van der Waals surface area (Å²) < 4.78 is 21.3. The highest BCUT2D eigenvalue weighted by molar-refractivity contribution is 7.89. The number of nitriles is 1. The van der Waals surface area contributed by atoms with E-state index >= 15 is 0 Å². The molecule has 0 bridgehead atoms. The van der Waals surface area contributed by atoms with Crippen molar-refractivity contribution in [2.45, 2.75) is 32.1 Å². The number of nitrogens with zero attached hydrogens (tertiary/aromatic N) is 1. The molecule has 7 heteroatoms. The van der Waals surface area contributed by atoms with Crippen LogP contribution in [0.2, 0.25) is 0 Å². The van der Waals surface area contributed by atoms with E-state index in [4.69, 9.17) is 10.4 Å². The fraction of sp³-hybridized carbons (Fsp3) is 0.800. The summed E-state index contributed by atoms with van der Waals surface area (Å²) in [4.78, 5) is 11.8. The van der Waals surface area contributed by atoms with Gasteiger partial charge < -0.3 is 5.32 Å². The van der Waals surface area contributed by atoms with Crippen molar-refractivity contribution in [3.05, 3.63) is 0 Å². The first-order chi connectivity index (χ1) is 7.90. The van der Waals surface area contributed by atoms with Gasteiger partial charge in [0.2, 0.25) is 15.9 Å². The first-order valence-corrected chi connectivity index (χ1v) is 7.31. The average molecular weight is 259 g/mol. The van der Waals surface area contributed by atoms with Crippen molar-refractivity contribution in [2.75, 3.05) is 12.3 Å². The highest BCUT2D eigenvalue weighted by atomic mass is 32.2. The van der Waals surface area contributed by atoms with E-state index in [1.807, 2.05) is 0 Å². The third kappa shape index (κ3) is 3.98. The molecule has 0 heterocycles. The number of nitrogens with two attached hydrogens (primary N) is 1. The minimum Gasteiger partial charge on any atom is -0.355 e. The molecule has 0 aromatic heterocycles. The SMILES string of the molecule is N#CC1(C(=O)NCCCS(N)(=O)=O)CCCC1. The molecule has 1 amide bonds. The Morgan fingerprint density at radius 3 is 2.47 bits per heavy atom. The average Bonchev–Trinajstić information content (AvgIpc) is 2.72. The van der Waals surface area contributed by atoms with Crippen molar-refractivity contribution in [2.24, 2.45) is 10.6 Å². The number of amides is 1. The van der Waals surface area contributed by atoms with Crippen LogP contribution in [0.5, 0.6) is 0 Å². The second-order valence-electron chi connectivity index (χ2n) is 4.38. The van der Waals surface area contributed by atoms with Gasteiger partial charge in [-0.3, -0.25) is 4.79 Å². The van der Waals surface area contributed by atoms with Crippen LogP contribution in [0, 0.1) is 16.7 Å². The van der Waals surface area contributed by atoms with Crippen molar-refractivity contribution in [1.82, 2.24) is 5.32 Å². The predicted molar refractivity (Wildman–Crippen MR) is 62.1 cm³/mol. The number of hydrogen-bond acceptors (Lipinski definition) is 4. The quantitative estimate of drug-likeness (QED) is 0.669. The molecule has 0 unspecified atom stereocenters. The lowest BCUT2D eigenvalue weighted by atomic mass is 9.87. The number of nitrogens with one attached hydrogen (secondary N) is 1. The van der Waals surface area contributed by atoms with Gasteiger partial charge in [-0.25, -0.2) is 13.6 Å². The minimum absolute atomic E-state index is 0.160. The molecule has 1 fully saturated rings. The molecule has 17 heavy (non-hydrogen) atoms. The highest BCUT2D eigenvalue weighted by Crippen LogP contribution is 2.37. The zero-order valence-electron chi connectivity index (χ0n) is 9.61. The van der Waals surface area contributed by atoms with Crippen molar-refractivity contribution < 1.29 is 13.2 Å². The van der Waals surface area contributed by atoms with E-state index < -0.39 is 15.4 Å². The largest absolute Gasteiger partial charge is 0.355 e. The van der Waals surface area contributed by atoms with Crippen molar-refractivity contribution in [3.63, 3.8) is 0 Å². The lowest BCUT2D eigenvalue weighted by Gasteiger charge is -2.18. The molecular formula is C10H17N3O3S. The maximum atomic E-state index is 11.8. The van der Waals surface area contributed by atoms with Gasteiger partial charge >= 0.3 is 0 Å². The molecule has 0 aliphatic heterocycles. The molecule has 0 atom stereocenters. The van der Waals surface area contributed by atoms with Crippen LogP contribution < -0.4 is 10.5 Å². The van der Waals surface area contributed by atoms with Crippen LogP contribution in [-0.4, -0.2) is 26.6 Å². The first kappa shape index (κ1) is 13.9. The molecule has 0 aromatic rings. The molecule has 1 saturated carbocycles. The summed E-state index contributed by atoms with van der Waals surface area (Å²) in [6.07, 6.45) is 3.22. The predicted octanol–water partition coefficient (Wildman–Crippen LogP) is -0.135. The Hall–Kier alpha value is -1.13. The summed E-state index contributed by atoms with van der Waals surface area (Å²) in [5.74, 6) is -0.445. The van der Waals surface area contributed by atoms with Gasteiger partial charge in [0.05, 0.1) is 11.8 Å². The highest BCUT2D eigenvalue weighted by Gasteiger charge is 2.41. The Bertz CT molecular complexity index is 419. The van der Waals surface area contributed by atoms with Crippen molar-refractivity contribution >= 4 is 15.9 Å². The summed E-state index contributed by atoms with van der Waals surface area (Å²) in [6, 6.07) is 2.08. The molecule has 3 N–H and O–H groups in total. The lowest BCUT2D eigenvalue weighted by molar-refractivity contribution is -0.127. The van der Waals surface area contributed by atoms with Gasteiger partial charge in [-0.15, -0.1) is 0 Å². The minimum atomic E-state index is -3.48. The zero-order chi connectivity index (χ0) is 12.9. The fourth-order valence-corrected chi connectivity index (χ4v) is 2.56. The maximum absolute atomic E-state index is 11.8. The van der Waals surface area contributed by atoms with Gasteiger partial charge in [-0.2, -0.15) is 5.26 Å². The van der Waals surface area contributed by atoms with Gasteiger partial charge in [-0.05, 0) is 19.3 Å². The molecular weight excluding hydrogens is 242 g/mol. The van der Waals surface area contributed by atoms with Crippen molar-refractivity contribution in [3.8, 4) is 6.07 Å². The van der Waals surface area contributed by atoms with Crippen LogP contribution in [0.4, 0.5) is 0 Å². The lowest BCUT2D eigenvalue weighted by Crippen LogP contribution is -2.39. The summed E-state index contributed by atoms with van der Waals surface area (Å²) in [5.41, 5.74) is -0.901. The van der Waals surface area contributed by atoms with Crippen LogP contribution in [0.25, 0.3) is 0 Å². The fourth-order valence-electron chi connectivity index (χ4n) is 2.01. The van der Waals surface area contributed by atoms with Gasteiger partial charge in [0.25, 0.3) is 0 Å². The molecule has 0 aromatic carbocycles. The Labute approximate surface area is 101 Å². The van der Waals surface area contributed by atoms with E-state index in [1.165, 1.54) is 0 Å². The summed E-state index contributed by atoms with van der Waals surface area (Å²) in [7, 11) is -3.48. The summed E-state index contributed by atoms with van der Waals surface area (Å²) in [6.45, 7) is 0.235. The maximum Gasteiger partial charge on any atom is 0.240 e. The van der Waals surface area contributed by atoms with Crippen LogP contribution in [0.15, 0.2) is 0 Å². The first-order valence-electron chi connectivity index (χ1n) is 5.60. The molecule has 0 spiro atoms. The standard InChI is InChI=1S/C10H17N3O3S/c11-8-10(4-1-2-5-10)9(14)13-6-3-7-17(12,15)16/h1-7H2,(H,13,14)(H2,12,15,16). The van der Waals surface area contributed by atoms with Gasteiger partial charge in [0, 0.05) is 6.54 Å². The monoisotopic (exact) mass is 259 g/mol. The Morgan fingerprint density at radius 2 is 2.00 bits per heavy atom. The second kappa shape index (κ2) is 5.47. The summed E-state index contributed by atoms with van der Waals surface area (Å²) in [5, 5.41) is 16.5. The normalized spacial score (nSPS) is 18.6. The van der Waals surface area contributed by atoms with Crippen LogP contribution in [-0.2, 0) is 14.8 Å². The van der Waals surface area contributed by atoms with E-state index in [1.54, 1.807) is 0 Å². The van der Waals surface area contributed by atoms with Crippen LogP contribution in [0.3, 0.4) is 0 Å². The molecule has 0 radical (unpaired) electrons. The second-order valence-corrected chi connectivity index (χ2v) is 6.11. The Morgan fingerprint density at radius 1 is 1.41 bits per heavy atom. The molecule has 1 aliphatic rings. The molecule has 1 aliphatic carbocycles. The number of rotatable bonds is 5. The molecule has 96 valence electrons. The molecule has 6 nitrogen and oxygen atoms in total. The van der Waals surface area contributed by atoms with E-state index in [0.29, 0.717) is 12.8 Å². The molecule has 0 saturated heterocycles. The third-order valence-corrected chi connectivity index (χ3v) is 3.85. The van der Waals surface area contributed by atoms with Gasteiger partial charge in [0.15, 0.2) is 0 Å². The van der Waals surface area contributed by atoms with Gasteiger partial charge in [0.1, 0.15) is 5.41 Å². The van der Waals surface area contributed by atoms with Crippen molar-refractivity contribution in [1.29, 1.82) is 5.26 Å². The zero-order valence-corrected chi connectivity index (χ0v) is 10.4.